The third kappa shape index (κ3) is 12.9. The van der Waals surface area contributed by atoms with Gasteiger partial charge < -0.3 is 74.4 Å². The predicted octanol–water partition coefficient (Wildman–Crippen LogP) is 2.61. The molecule has 22 heteroatoms. The van der Waals surface area contributed by atoms with Crippen LogP contribution in [0.5, 0.6) is 0 Å². The predicted molar refractivity (Wildman–Crippen MR) is 288 cm³/mol. The number of esters is 2. The number of fused-ring (bicyclic) bond motifs is 1. The number of carbonyl (C=O) groups excluding carboxylic acids is 4. The number of aromatic nitrogens is 3. The monoisotopic (exact) mass is 1100 g/mol. The van der Waals surface area contributed by atoms with Crippen LogP contribution in [0.4, 0.5) is 5.69 Å². The summed E-state index contributed by atoms with van der Waals surface area (Å²) in [5, 5.41) is 25.5. The Morgan fingerprint density at radius 3 is 2.23 bits per heavy atom. The fourth-order valence-electron chi connectivity index (χ4n) is 12.2. The van der Waals surface area contributed by atoms with Gasteiger partial charge >= 0.3 is 11.9 Å². The number of nitrogens with one attached hydrogen (secondary N) is 1. The van der Waals surface area contributed by atoms with Gasteiger partial charge in [-0.05, 0) is 87.0 Å². The van der Waals surface area contributed by atoms with E-state index in [-0.39, 0.29) is 66.2 Å². The molecule has 6 rings (SSSR count). The quantitative estimate of drug-likeness (QED) is 0.160. The molecule has 4 aliphatic heterocycles. The molecule has 0 saturated carbocycles. The van der Waals surface area contributed by atoms with Gasteiger partial charge in [0.25, 0.3) is 5.91 Å². The van der Waals surface area contributed by atoms with E-state index in [4.69, 9.17) is 49.4 Å². The minimum atomic E-state index is -1.51. The Labute approximate surface area is 457 Å². The van der Waals surface area contributed by atoms with E-state index in [9.17, 15) is 19.8 Å². The topological polar surface area (TPSA) is 281 Å². The Morgan fingerprint density at radius 2 is 1.64 bits per heavy atom. The van der Waals surface area contributed by atoms with Gasteiger partial charge in [-0.25, -0.2) is 4.98 Å². The Balaban J connectivity index is 1.41. The van der Waals surface area contributed by atoms with Crippen molar-refractivity contribution in [1.82, 2.24) is 19.4 Å². The van der Waals surface area contributed by atoms with E-state index in [2.05, 4.69) is 21.9 Å². The number of Topliss-reactive ketones (excluding diaryl/α,β-unsaturated/α-hetero) is 1. The van der Waals surface area contributed by atoms with Crippen molar-refractivity contribution in [3.05, 3.63) is 54.2 Å². The number of likely N-dealkylation sites (N-methyl/N-ethyl adjacent to an activating group) is 1. The van der Waals surface area contributed by atoms with Crippen molar-refractivity contribution in [3.8, 4) is 0 Å². The number of aliphatic hydroxyl groups excluding tert-OH is 2. The van der Waals surface area contributed by atoms with Gasteiger partial charge in [0, 0.05) is 80.7 Å². The summed E-state index contributed by atoms with van der Waals surface area (Å²) in [7, 11) is 6.79. The van der Waals surface area contributed by atoms with Gasteiger partial charge in [0.2, 0.25) is 0 Å². The molecule has 0 aliphatic carbocycles. The van der Waals surface area contributed by atoms with Crippen molar-refractivity contribution in [2.24, 2.45) is 41.1 Å². The molecular weight excluding hydrogens is 1010 g/mol. The highest BCUT2D eigenvalue weighted by atomic mass is 32.2. The third-order valence-electron chi connectivity index (χ3n) is 16.6. The van der Waals surface area contributed by atoms with Crippen LogP contribution in [0.3, 0.4) is 0 Å². The SMILES string of the molecule is C=C/C(C(=O)Nc1ccncc1)=c1\c(=C(N)N)ncn1CCS[C@@H]1C(=O)O[C@@]2(C)C1C(C)C(=O)[C@H](C)C[C@@](C)(OC)[C@H](O[C@@H]1OC(C)C[C@H](N(C)C)[C@H]1O)[C@@H](C)[C@H](O[C@H]1CC(C)(OC)[C@@H](O)C(C)O1)C(C)C(=O)O[C@@H]2CC. The molecular formula is C55H85N7O14S. The molecule has 6 heterocycles. The molecule has 4 saturated heterocycles. The van der Waals surface area contributed by atoms with E-state index in [0.717, 1.165) is 0 Å². The number of ketones is 1. The summed E-state index contributed by atoms with van der Waals surface area (Å²) in [6, 6.07) is 2.95. The molecule has 21 nitrogen and oxygen atoms in total. The molecule has 6 unspecified atom stereocenters. The summed E-state index contributed by atoms with van der Waals surface area (Å²) in [4.78, 5) is 69.0. The molecule has 0 spiro atoms. The van der Waals surface area contributed by atoms with E-state index in [1.54, 1.807) is 63.7 Å². The maximum atomic E-state index is 15.3. The summed E-state index contributed by atoms with van der Waals surface area (Å²) in [6.45, 7) is 22.0. The van der Waals surface area contributed by atoms with Crippen molar-refractivity contribution in [3.63, 3.8) is 0 Å². The second kappa shape index (κ2) is 25.3. The fourth-order valence-corrected chi connectivity index (χ4v) is 13.6. The zero-order chi connectivity index (χ0) is 57.1. The lowest BCUT2D eigenvalue weighted by Crippen LogP contribution is -2.61. The highest BCUT2D eigenvalue weighted by molar-refractivity contribution is 8.00. The van der Waals surface area contributed by atoms with E-state index in [1.165, 1.54) is 38.4 Å². The number of amides is 1. The van der Waals surface area contributed by atoms with Crippen LogP contribution in [0.1, 0.15) is 94.9 Å². The molecule has 0 aromatic carbocycles. The van der Waals surface area contributed by atoms with Crippen LogP contribution in [-0.2, 0) is 63.6 Å². The number of aryl methyl sites for hydroxylation is 1. The minimum absolute atomic E-state index is 0.0881. The zero-order valence-corrected chi connectivity index (χ0v) is 48.1. The van der Waals surface area contributed by atoms with Gasteiger partial charge in [-0.3, -0.25) is 24.2 Å². The van der Waals surface area contributed by atoms with Crippen LogP contribution < -0.4 is 27.5 Å². The van der Waals surface area contributed by atoms with Gasteiger partial charge in [0.1, 0.15) is 40.5 Å². The van der Waals surface area contributed by atoms with E-state index in [1.807, 2.05) is 53.6 Å². The zero-order valence-electron chi connectivity index (χ0n) is 47.3. The Hall–Kier alpha value is -4.49. The Morgan fingerprint density at radius 1 is 0.974 bits per heavy atom. The maximum Gasteiger partial charge on any atom is 0.320 e. The van der Waals surface area contributed by atoms with E-state index >= 15 is 9.59 Å². The Bertz CT molecular complexity index is 2530. The number of hydrogen-bond donors (Lipinski definition) is 5. The average Bonchev–Trinajstić information content (AvgIpc) is 3.93. The smallest absolute Gasteiger partial charge is 0.320 e. The van der Waals surface area contributed by atoms with Gasteiger partial charge in [-0.15, -0.1) is 11.8 Å². The average molecular weight is 1100 g/mol. The number of imidazole rings is 1. The van der Waals surface area contributed by atoms with Gasteiger partial charge in [-0.1, -0.05) is 40.3 Å². The fraction of sp³-hybridized carbons (Fsp3) is 0.709. The number of carbonyl (C=O) groups is 4. The van der Waals surface area contributed by atoms with Crippen molar-refractivity contribution in [2.45, 2.75) is 185 Å². The summed E-state index contributed by atoms with van der Waals surface area (Å²) >= 11 is 1.27. The second-order valence-electron chi connectivity index (χ2n) is 22.3. The van der Waals surface area contributed by atoms with Gasteiger partial charge in [0.15, 0.2) is 18.2 Å². The van der Waals surface area contributed by atoms with Crippen molar-refractivity contribution in [2.75, 3.05) is 39.4 Å². The number of hydrogen-bond acceptors (Lipinski definition) is 20. The maximum absolute atomic E-state index is 15.3. The molecule has 19 atom stereocenters. The minimum Gasteiger partial charge on any atom is -0.458 e. The van der Waals surface area contributed by atoms with Crippen molar-refractivity contribution in [1.29, 1.82) is 0 Å². The number of thioether (sulfide) groups is 1. The summed E-state index contributed by atoms with van der Waals surface area (Å²) in [5.41, 5.74) is 8.93. The first-order valence-corrected chi connectivity index (χ1v) is 27.7. The molecule has 430 valence electrons. The van der Waals surface area contributed by atoms with E-state index < -0.39 is 119 Å². The van der Waals surface area contributed by atoms with E-state index in [0.29, 0.717) is 17.5 Å². The van der Waals surface area contributed by atoms with Crippen LogP contribution in [0.2, 0.25) is 0 Å². The van der Waals surface area contributed by atoms with Crippen LogP contribution in [-0.4, -0.2) is 171 Å². The number of rotatable bonds is 15. The van der Waals surface area contributed by atoms with Crippen LogP contribution in [0.25, 0.3) is 11.4 Å². The first-order valence-electron chi connectivity index (χ1n) is 26.7. The molecule has 0 radical (unpaired) electrons. The molecule has 77 heavy (non-hydrogen) atoms. The number of nitrogens with two attached hydrogens (primary N) is 2. The van der Waals surface area contributed by atoms with Crippen molar-refractivity contribution >= 4 is 52.5 Å². The largest absolute Gasteiger partial charge is 0.458 e. The van der Waals surface area contributed by atoms with Gasteiger partial charge in [0.05, 0.1) is 58.8 Å². The first-order chi connectivity index (χ1) is 36.2. The molecule has 2 aromatic rings. The highest BCUT2D eigenvalue weighted by Crippen LogP contribution is 2.49. The lowest BCUT2D eigenvalue weighted by Gasteiger charge is -2.50. The van der Waals surface area contributed by atoms with Crippen LogP contribution in [0.15, 0.2) is 43.5 Å². The number of aliphatic hydroxyl groups is 2. The number of ether oxygens (including phenoxy) is 8. The summed E-state index contributed by atoms with van der Waals surface area (Å²) < 4.78 is 53.6. The number of methoxy groups -OCH3 is 2. The lowest BCUT2D eigenvalue weighted by atomic mass is 9.70. The van der Waals surface area contributed by atoms with Crippen molar-refractivity contribution < 1.29 is 67.3 Å². The first kappa shape index (κ1) is 61.7. The third-order valence-corrected chi connectivity index (χ3v) is 17.9. The number of pyridine rings is 1. The lowest BCUT2D eigenvalue weighted by molar-refractivity contribution is -0.319. The number of anilines is 1. The van der Waals surface area contributed by atoms with Crippen LogP contribution >= 0.6 is 11.8 Å². The highest BCUT2D eigenvalue weighted by Gasteiger charge is 2.62. The molecule has 7 N–H and O–H groups in total. The summed E-state index contributed by atoms with van der Waals surface area (Å²) in [5.74, 6) is -6.08. The molecule has 4 fully saturated rings. The van der Waals surface area contributed by atoms with Crippen LogP contribution in [0, 0.1) is 29.6 Å². The molecule has 4 aliphatic rings. The molecule has 1 amide bonds. The molecule has 2 aromatic heterocycles. The number of cyclic esters (lactones) is 1. The normalized spacial score (nSPS) is 38.7. The summed E-state index contributed by atoms with van der Waals surface area (Å²) in [6.07, 6.45) is -1.54. The van der Waals surface area contributed by atoms with Gasteiger partial charge in [-0.2, -0.15) is 0 Å². The number of nitrogens with zero attached hydrogens (tertiary/aromatic N) is 4. The standard InChI is InChI=1S/C55H85N7O14S/c1-16-35(49(66)60-34-18-20-58-21-19-34)41-40(48(56)57)59-27-62(41)22-23-77-45-39-30(5)42(63)28(3)25-54(10,70-15)47(75-52-43(64)36(61(12)13)24-29(4)71-52)31(6)44(74-38-26-53(9,69-14)46(65)33(8)72-38)32(7)50(67)73-37(17-2)55(39,11)76-51(45)68/h16,18-21,27-33,36-39,43-47,52,64-65H,1,17,22-26,56-57H2,2-15H3,(H,58,60,66)/b41-35-/t28-,29?,30?,31+,32?,33?,36+,37-,38+,39?,43-,44+,45+,46+,47-,52+,53?,54-,55-/m1/s1. The molecule has 0 bridgehead atoms. The second-order valence-corrected chi connectivity index (χ2v) is 23.5. The Kier molecular flexibility index (Phi) is 20.3.